The van der Waals surface area contributed by atoms with E-state index in [4.69, 9.17) is 14.7 Å². The van der Waals surface area contributed by atoms with Crippen LogP contribution in [-0.4, -0.2) is 32.0 Å². The topological polar surface area (TPSA) is 73.7 Å². The largest absolute Gasteiger partial charge is 0.497 e. The summed E-state index contributed by atoms with van der Waals surface area (Å²) in [5, 5.41) is 0. The molecule has 32 heavy (non-hydrogen) atoms. The first-order chi connectivity index (χ1) is 15.8. The smallest absolute Gasteiger partial charge is 0.118 e. The third-order valence-corrected chi connectivity index (χ3v) is 5.06. The molecule has 0 fully saturated rings. The van der Waals surface area contributed by atoms with Crippen molar-refractivity contribution in [2.24, 2.45) is 0 Å². The first-order valence-electron chi connectivity index (χ1n) is 10.1. The molecule has 0 aliphatic rings. The van der Waals surface area contributed by atoms with Gasteiger partial charge in [-0.3, -0.25) is 15.0 Å². The van der Waals surface area contributed by atoms with Crippen molar-refractivity contribution in [3.63, 3.8) is 0 Å². The Kier molecular flexibility index (Phi) is 5.32. The fraction of sp³-hybridized carbons (Fsp3) is 0.0385. The molecule has 5 aromatic rings. The molecule has 6 heteroatoms. The van der Waals surface area contributed by atoms with Crippen molar-refractivity contribution in [1.29, 1.82) is 0 Å². The molecule has 0 spiro atoms. The molecule has 0 N–H and O–H groups in total. The number of rotatable bonds is 5. The normalized spacial score (nSPS) is 10.7. The van der Waals surface area contributed by atoms with E-state index < -0.39 is 0 Å². The third-order valence-electron chi connectivity index (χ3n) is 5.06. The molecule has 154 valence electrons. The highest BCUT2D eigenvalue weighted by Gasteiger charge is 2.20. The van der Waals surface area contributed by atoms with E-state index in [1.807, 2.05) is 66.7 Å². The zero-order valence-electron chi connectivity index (χ0n) is 17.4. The molecule has 0 atom stereocenters. The van der Waals surface area contributed by atoms with E-state index >= 15 is 0 Å². The first-order valence-corrected chi connectivity index (χ1v) is 10.1. The van der Waals surface area contributed by atoms with Gasteiger partial charge in [0.2, 0.25) is 0 Å². The lowest BCUT2D eigenvalue weighted by Crippen LogP contribution is -2.02. The van der Waals surface area contributed by atoms with Crippen molar-refractivity contribution in [2.75, 3.05) is 7.11 Å². The van der Waals surface area contributed by atoms with Gasteiger partial charge < -0.3 is 4.74 Å². The quantitative estimate of drug-likeness (QED) is 0.384. The summed E-state index contributed by atoms with van der Waals surface area (Å²) in [7, 11) is 1.65. The summed E-state index contributed by atoms with van der Waals surface area (Å²) < 4.78 is 5.33. The molecule has 0 aliphatic heterocycles. The fourth-order valence-corrected chi connectivity index (χ4v) is 3.48. The van der Waals surface area contributed by atoms with Crippen molar-refractivity contribution < 1.29 is 4.74 Å². The van der Waals surface area contributed by atoms with Crippen LogP contribution in [0, 0.1) is 0 Å². The zero-order chi connectivity index (χ0) is 21.8. The summed E-state index contributed by atoms with van der Waals surface area (Å²) in [6.45, 7) is 0. The van der Waals surface area contributed by atoms with Crippen LogP contribution in [0.3, 0.4) is 0 Å². The summed E-state index contributed by atoms with van der Waals surface area (Å²) in [4.78, 5) is 23.2. The van der Waals surface area contributed by atoms with E-state index in [1.54, 1.807) is 38.1 Å². The molecule has 0 amide bonds. The van der Waals surface area contributed by atoms with Crippen LogP contribution in [0.15, 0.2) is 97.7 Å². The van der Waals surface area contributed by atoms with Gasteiger partial charge in [0.25, 0.3) is 0 Å². The fourth-order valence-electron chi connectivity index (χ4n) is 3.48. The van der Waals surface area contributed by atoms with Crippen LogP contribution in [-0.2, 0) is 0 Å². The van der Waals surface area contributed by atoms with Gasteiger partial charge in [0.05, 0.1) is 29.9 Å². The minimum atomic E-state index is 0.701. The van der Waals surface area contributed by atoms with E-state index in [0.29, 0.717) is 5.69 Å². The summed E-state index contributed by atoms with van der Waals surface area (Å²) in [6, 6.07) is 21.3. The number of methoxy groups -OCH3 is 1. The Morgan fingerprint density at radius 1 is 0.562 bits per heavy atom. The Hall–Kier alpha value is -4.45. The lowest BCUT2D eigenvalue weighted by Gasteiger charge is -2.15. The molecule has 0 unspecified atom stereocenters. The average Bonchev–Trinajstić information content (AvgIpc) is 2.89. The van der Waals surface area contributed by atoms with E-state index in [1.165, 1.54) is 0 Å². The minimum absolute atomic E-state index is 0.701. The molecule has 1 aromatic carbocycles. The summed E-state index contributed by atoms with van der Waals surface area (Å²) in [5.74, 6) is 0.780. The van der Waals surface area contributed by atoms with Crippen LogP contribution in [0.5, 0.6) is 5.75 Å². The van der Waals surface area contributed by atoms with Crippen LogP contribution in [0.2, 0.25) is 0 Å². The maximum absolute atomic E-state index is 5.33. The van der Waals surface area contributed by atoms with Crippen molar-refractivity contribution in [1.82, 2.24) is 24.9 Å². The highest BCUT2D eigenvalue weighted by Crippen LogP contribution is 2.36. The van der Waals surface area contributed by atoms with Gasteiger partial charge in [-0.05, 0) is 60.7 Å². The second-order valence-corrected chi connectivity index (χ2v) is 7.04. The highest BCUT2D eigenvalue weighted by molar-refractivity contribution is 5.85. The minimum Gasteiger partial charge on any atom is -0.497 e. The van der Waals surface area contributed by atoms with Crippen LogP contribution in [0.25, 0.3) is 45.2 Å². The molecule has 0 saturated heterocycles. The molecular weight excluding hydrogens is 398 g/mol. The second kappa shape index (κ2) is 8.73. The number of aromatic nitrogens is 5. The van der Waals surface area contributed by atoms with Gasteiger partial charge in [-0.25, -0.2) is 9.97 Å². The summed E-state index contributed by atoms with van der Waals surface area (Å²) in [5.41, 5.74) is 6.41. The Labute approximate surface area is 185 Å². The molecule has 4 heterocycles. The maximum atomic E-state index is 5.33. The van der Waals surface area contributed by atoms with Gasteiger partial charge in [0, 0.05) is 47.7 Å². The molecule has 6 nitrogen and oxygen atoms in total. The van der Waals surface area contributed by atoms with E-state index in [2.05, 4.69) is 15.0 Å². The van der Waals surface area contributed by atoms with Gasteiger partial charge in [-0.2, -0.15) is 0 Å². The standard InChI is InChI=1S/C26H19N5O/c1-32-21-9-7-18(8-10-21)24-26(22-6-2-3-14-29-22)31-25(20-5-4-13-28-17-20)23(30-24)19-11-15-27-16-12-19/h2-17H,1H3. The van der Waals surface area contributed by atoms with Crippen molar-refractivity contribution in [3.05, 3.63) is 97.7 Å². The van der Waals surface area contributed by atoms with Gasteiger partial charge in [-0.15, -0.1) is 0 Å². The van der Waals surface area contributed by atoms with Gasteiger partial charge in [-0.1, -0.05) is 6.07 Å². The van der Waals surface area contributed by atoms with Crippen molar-refractivity contribution >= 4 is 0 Å². The van der Waals surface area contributed by atoms with Crippen LogP contribution in [0.1, 0.15) is 0 Å². The number of hydrogen-bond acceptors (Lipinski definition) is 6. The third kappa shape index (κ3) is 3.81. The molecule has 5 rings (SSSR count). The summed E-state index contributed by atoms with van der Waals surface area (Å²) in [6.07, 6.45) is 8.81. The lowest BCUT2D eigenvalue weighted by atomic mass is 10.0. The number of benzene rings is 1. The van der Waals surface area contributed by atoms with E-state index in [-0.39, 0.29) is 0 Å². The Morgan fingerprint density at radius 2 is 1.28 bits per heavy atom. The van der Waals surface area contributed by atoms with Gasteiger partial charge >= 0.3 is 0 Å². The Bertz CT molecular complexity index is 1330. The van der Waals surface area contributed by atoms with Crippen molar-refractivity contribution in [2.45, 2.75) is 0 Å². The van der Waals surface area contributed by atoms with E-state index in [0.717, 1.165) is 45.2 Å². The molecule has 0 saturated carbocycles. The molecule has 0 bridgehead atoms. The molecule has 0 aliphatic carbocycles. The number of nitrogens with zero attached hydrogens (tertiary/aromatic N) is 5. The first kappa shape index (κ1) is 19.5. The monoisotopic (exact) mass is 417 g/mol. The predicted octanol–water partition coefficient (Wildman–Crippen LogP) is 5.34. The molecule has 0 radical (unpaired) electrons. The molecular formula is C26H19N5O. The second-order valence-electron chi connectivity index (χ2n) is 7.04. The predicted molar refractivity (Wildman–Crippen MR) is 124 cm³/mol. The Balaban J connectivity index is 1.82. The Morgan fingerprint density at radius 3 is 1.97 bits per heavy atom. The SMILES string of the molecule is COc1ccc(-c2nc(-c3ccncc3)c(-c3cccnc3)nc2-c2ccccn2)cc1. The maximum Gasteiger partial charge on any atom is 0.118 e. The lowest BCUT2D eigenvalue weighted by molar-refractivity contribution is 0.415. The molecule has 4 aromatic heterocycles. The van der Waals surface area contributed by atoms with Crippen LogP contribution in [0.4, 0.5) is 0 Å². The number of ether oxygens (including phenoxy) is 1. The van der Waals surface area contributed by atoms with Gasteiger partial charge in [0.15, 0.2) is 0 Å². The summed E-state index contributed by atoms with van der Waals surface area (Å²) >= 11 is 0. The highest BCUT2D eigenvalue weighted by atomic mass is 16.5. The van der Waals surface area contributed by atoms with Crippen LogP contribution < -0.4 is 4.74 Å². The number of hydrogen-bond donors (Lipinski definition) is 0. The zero-order valence-corrected chi connectivity index (χ0v) is 17.4. The van der Waals surface area contributed by atoms with Crippen LogP contribution >= 0.6 is 0 Å². The number of pyridine rings is 3. The van der Waals surface area contributed by atoms with E-state index in [9.17, 15) is 0 Å². The average molecular weight is 417 g/mol. The van der Waals surface area contributed by atoms with Gasteiger partial charge in [0.1, 0.15) is 11.4 Å². The van der Waals surface area contributed by atoms with Crippen molar-refractivity contribution in [3.8, 4) is 50.9 Å².